The largest absolute Gasteiger partial charge is 0.478 e. The van der Waals surface area contributed by atoms with E-state index in [4.69, 9.17) is 21.1 Å². The fourth-order valence-electron chi connectivity index (χ4n) is 1.12. The van der Waals surface area contributed by atoms with Crippen LogP contribution in [0.5, 0.6) is 5.88 Å². The Morgan fingerprint density at radius 2 is 2.12 bits per heavy atom. The molecule has 90 valence electrons. The minimum absolute atomic E-state index is 0.163. The highest BCUT2D eigenvalue weighted by Gasteiger charge is 2.16. The number of nitrogens with zero attached hydrogens (tertiary/aromatic N) is 1. The van der Waals surface area contributed by atoms with Crippen molar-refractivity contribution in [2.45, 2.75) is 31.7 Å². The predicted molar refractivity (Wildman–Crippen MR) is 65.0 cm³/mol. The van der Waals surface area contributed by atoms with E-state index in [0.717, 1.165) is 12.1 Å². The molecule has 16 heavy (non-hydrogen) atoms. The van der Waals surface area contributed by atoms with Gasteiger partial charge in [-0.2, -0.15) is 0 Å². The number of pyridine rings is 1. The molecule has 3 nitrogen and oxygen atoms in total. The number of ether oxygens (including phenoxy) is 2. The van der Waals surface area contributed by atoms with Crippen LogP contribution in [0.1, 0.15) is 26.0 Å². The monoisotopic (exact) mass is 243 g/mol. The highest BCUT2D eigenvalue weighted by Crippen LogP contribution is 2.15. The smallest absolute Gasteiger partial charge is 0.213 e. The van der Waals surface area contributed by atoms with Crippen molar-refractivity contribution in [3.63, 3.8) is 0 Å². The normalized spacial score (nSPS) is 11.5. The van der Waals surface area contributed by atoms with Gasteiger partial charge in [0.15, 0.2) is 0 Å². The number of hydrogen-bond donors (Lipinski definition) is 0. The first-order valence-corrected chi connectivity index (χ1v) is 5.81. The molecule has 0 radical (unpaired) electrons. The molecule has 1 heterocycles. The summed E-state index contributed by atoms with van der Waals surface area (Å²) in [6.45, 7) is 4.64. The van der Waals surface area contributed by atoms with Gasteiger partial charge in [0.2, 0.25) is 5.88 Å². The van der Waals surface area contributed by atoms with Crippen molar-refractivity contribution in [3.05, 3.63) is 23.9 Å². The maximum atomic E-state index is 5.69. The maximum absolute atomic E-state index is 5.69. The van der Waals surface area contributed by atoms with Crippen molar-refractivity contribution in [1.29, 1.82) is 0 Å². The number of aromatic nitrogens is 1. The van der Waals surface area contributed by atoms with Crippen molar-refractivity contribution in [3.8, 4) is 5.88 Å². The SMILES string of the molecule is COC(C)(C)CCOc1cccc(CCl)n1. The van der Waals surface area contributed by atoms with Gasteiger partial charge in [0.25, 0.3) is 0 Å². The van der Waals surface area contributed by atoms with Gasteiger partial charge in [0.1, 0.15) is 0 Å². The molecule has 1 aromatic heterocycles. The van der Waals surface area contributed by atoms with Crippen LogP contribution in [-0.2, 0) is 10.6 Å². The van der Waals surface area contributed by atoms with Crippen LogP contribution in [0, 0.1) is 0 Å². The molecule has 0 aromatic carbocycles. The number of hydrogen-bond acceptors (Lipinski definition) is 3. The van der Waals surface area contributed by atoms with Crippen molar-refractivity contribution in [2.24, 2.45) is 0 Å². The fraction of sp³-hybridized carbons (Fsp3) is 0.583. The minimum atomic E-state index is -0.163. The Balaban J connectivity index is 2.42. The molecule has 0 aliphatic rings. The lowest BCUT2D eigenvalue weighted by Crippen LogP contribution is -2.25. The molecule has 0 spiro atoms. The molecule has 0 unspecified atom stereocenters. The molecule has 4 heteroatoms. The lowest BCUT2D eigenvalue weighted by atomic mass is 10.1. The maximum Gasteiger partial charge on any atom is 0.213 e. The molecule has 0 aliphatic heterocycles. The number of rotatable bonds is 6. The molecule has 0 fully saturated rings. The number of methoxy groups -OCH3 is 1. The van der Waals surface area contributed by atoms with Gasteiger partial charge < -0.3 is 9.47 Å². The number of halogens is 1. The fourth-order valence-corrected chi connectivity index (χ4v) is 1.26. The summed E-state index contributed by atoms with van der Waals surface area (Å²) in [5.41, 5.74) is 0.662. The zero-order valence-corrected chi connectivity index (χ0v) is 10.8. The second kappa shape index (κ2) is 6.06. The van der Waals surface area contributed by atoms with Crippen molar-refractivity contribution < 1.29 is 9.47 Å². The molecular weight excluding hydrogens is 226 g/mol. The highest BCUT2D eigenvalue weighted by molar-refractivity contribution is 6.16. The van der Waals surface area contributed by atoms with Gasteiger partial charge in [0.05, 0.1) is 23.8 Å². The second-order valence-corrected chi connectivity index (χ2v) is 4.43. The van der Waals surface area contributed by atoms with Crippen LogP contribution in [0.4, 0.5) is 0 Å². The molecule has 0 amide bonds. The summed E-state index contributed by atoms with van der Waals surface area (Å²) in [6, 6.07) is 5.59. The second-order valence-electron chi connectivity index (χ2n) is 4.16. The van der Waals surface area contributed by atoms with Gasteiger partial charge in [-0.15, -0.1) is 11.6 Å². The molecule has 0 bridgehead atoms. The van der Waals surface area contributed by atoms with Gasteiger partial charge in [-0.1, -0.05) is 6.07 Å². The summed E-state index contributed by atoms with van der Waals surface area (Å²) in [6.07, 6.45) is 0.816. The van der Waals surface area contributed by atoms with Crippen molar-refractivity contribution >= 4 is 11.6 Å². The summed E-state index contributed by atoms with van der Waals surface area (Å²) in [4.78, 5) is 4.24. The van der Waals surface area contributed by atoms with Gasteiger partial charge >= 0.3 is 0 Å². The van der Waals surface area contributed by atoms with Crippen LogP contribution >= 0.6 is 11.6 Å². The Hall–Kier alpha value is -0.800. The Labute approximate surface area is 102 Å². The first-order chi connectivity index (χ1) is 7.57. The molecule has 0 saturated carbocycles. The molecule has 1 aromatic rings. The average Bonchev–Trinajstić information content (AvgIpc) is 2.29. The molecule has 0 saturated heterocycles. The lowest BCUT2D eigenvalue weighted by Gasteiger charge is -2.22. The Morgan fingerprint density at radius 1 is 1.38 bits per heavy atom. The standard InChI is InChI=1S/C12H18ClNO2/c1-12(2,15-3)7-8-16-11-6-4-5-10(9-13)14-11/h4-6H,7-9H2,1-3H3. The van der Waals surface area contributed by atoms with Crippen LogP contribution in [-0.4, -0.2) is 24.3 Å². The first-order valence-electron chi connectivity index (χ1n) is 5.27. The van der Waals surface area contributed by atoms with Crippen LogP contribution in [0.3, 0.4) is 0 Å². The molecule has 0 atom stereocenters. The van der Waals surface area contributed by atoms with E-state index in [1.54, 1.807) is 7.11 Å². The van der Waals surface area contributed by atoms with Crippen LogP contribution in [0.15, 0.2) is 18.2 Å². The van der Waals surface area contributed by atoms with E-state index in [1.807, 2.05) is 32.0 Å². The van der Waals surface area contributed by atoms with Gasteiger partial charge in [-0.25, -0.2) is 4.98 Å². The number of alkyl halides is 1. The van der Waals surface area contributed by atoms with Gasteiger partial charge in [0, 0.05) is 19.6 Å². The van der Waals surface area contributed by atoms with E-state index < -0.39 is 0 Å². The molecular formula is C12H18ClNO2. The van der Waals surface area contributed by atoms with Crippen molar-refractivity contribution in [1.82, 2.24) is 4.98 Å². The summed E-state index contributed by atoms with van der Waals surface area (Å²) in [5.74, 6) is 1.02. The summed E-state index contributed by atoms with van der Waals surface area (Å²) < 4.78 is 10.8. The zero-order valence-electron chi connectivity index (χ0n) is 10.00. The van der Waals surface area contributed by atoms with E-state index in [1.165, 1.54) is 0 Å². The van der Waals surface area contributed by atoms with E-state index in [9.17, 15) is 0 Å². The summed E-state index contributed by atoms with van der Waals surface area (Å²) in [7, 11) is 1.70. The van der Waals surface area contributed by atoms with Crippen molar-refractivity contribution in [2.75, 3.05) is 13.7 Å². The third-order valence-electron chi connectivity index (χ3n) is 2.42. The Morgan fingerprint density at radius 3 is 2.75 bits per heavy atom. The van der Waals surface area contributed by atoms with Crippen LogP contribution in [0.2, 0.25) is 0 Å². The Kier molecular flexibility index (Phi) is 5.03. The molecule has 1 rings (SSSR count). The first kappa shape index (κ1) is 13.3. The minimum Gasteiger partial charge on any atom is -0.478 e. The Bertz CT molecular complexity index is 329. The van der Waals surface area contributed by atoms with E-state index >= 15 is 0 Å². The summed E-state index contributed by atoms with van der Waals surface area (Å²) >= 11 is 5.69. The predicted octanol–water partition coefficient (Wildman–Crippen LogP) is 3.01. The molecule has 0 N–H and O–H groups in total. The van der Waals surface area contributed by atoms with Crippen LogP contribution < -0.4 is 4.74 Å². The quantitative estimate of drug-likeness (QED) is 0.720. The molecule has 0 aliphatic carbocycles. The van der Waals surface area contributed by atoms with E-state index in [-0.39, 0.29) is 5.60 Å². The van der Waals surface area contributed by atoms with E-state index in [2.05, 4.69) is 4.98 Å². The zero-order chi connectivity index (χ0) is 12.0. The topological polar surface area (TPSA) is 31.4 Å². The van der Waals surface area contributed by atoms with Crippen LogP contribution in [0.25, 0.3) is 0 Å². The van der Waals surface area contributed by atoms with E-state index in [0.29, 0.717) is 18.4 Å². The third-order valence-corrected chi connectivity index (χ3v) is 2.70. The highest BCUT2D eigenvalue weighted by atomic mass is 35.5. The van der Waals surface area contributed by atoms with Gasteiger partial charge in [-0.3, -0.25) is 0 Å². The third kappa shape index (κ3) is 4.37. The van der Waals surface area contributed by atoms with Gasteiger partial charge in [-0.05, 0) is 19.9 Å². The lowest BCUT2D eigenvalue weighted by molar-refractivity contribution is 0.00508. The average molecular weight is 244 g/mol. The summed E-state index contributed by atoms with van der Waals surface area (Å²) in [5, 5.41) is 0.